The highest BCUT2D eigenvalue weighted by atomic mass is 32.2. The summed E-state index contributed by atoms with van der Waals surface area (Å²) >= 11 is 1.40. The molecule has 2 aromatic rings. The van der Waals surface area contributed by atoms with Gasteiger partial charge in [0.2, 0.25) is 11.7 Å². The highest BCUT2D eigenvalue weighted by Gasteiger charge is 2.21. The lowest BCUT2D eigenvalue weighted by molar-refractivity contribution is -0.120. The maximum Gasteiger partial charge on any atom is 0.233 e. The second-order valence-electron chi connectivity index (χ2n) is 6.59. The summed E-state index contributed by atoms with van der Waals surface area (Å²) in [6.45, 7) is 6.92. The van der Waals surface area contributed by atoms with Crippen molar-refractivity contribution in [1.29, 1.82) is 0 Å². The summed E-state index contributed by atoms with van der Waals surface area (Å²) < 4.78 is 7.34. The van der Waals surface area contributed by atoms with Gasteiger partial charge in [-0.3, -0.25) is 9.36 Å². The van der Waals surface area contributed by atoms with Crippen LogP contribution in [0.15, 0.2) is 52.3 Å². The third-order valence-electron chi connectivity index (χ3n) is 4.55. The molecule has 0 radical (unpaired) electrons. The molecule has 1 atom stereocenters. The number of aromatic nitrogens is 3. The predicted molar refractivity (Wildman–Crippen MR) is 107 cm³/mol. The Labute approximate surface area is 164 Å². The fourth-order valence-electron chi connectivity index (χ4n) is 3.09. The van der Waals surface area contributed by atoms with E-state index in [-0.39, 0.29) is 11.2 Å². The summed E-state index contributed by atoms with van der Waals surface area (Å²) in [5.41, 5.74) is 1.47. The Morgan fingerprint density at radius 2 is 2.37 bits per heavy atom. The van der Waals surface area contributed by atoms with Gasteiger partial charge in [-0.2, -0.15) is 0 Å². The van der Waals surface area contributed by atoms with Crippen molar-refractivity contribution in [2.45, 2.75) is 56.0 Å². The molecule has 1 aliphatic carbocycles. The van der Waals surface area contributed by atoms with Crippen molar-refractivity contribution in [3.8, 4) is 11.6 Å². The summed E-state index contributed by atoms with van der Waals surface area (Å²) in [7, 11) is 0. The van der Waals surface area contributed by atoms with Crippen LogP contribution in [-0.2, 0) is 11.3 Å². The van der Waals surface area contributed by atoms with Gasteiger partial charge in [0.25, 0.3) is 0 Å². The molecule has 2 heterocycles. The van der Waals surface area contributed by atoms with Gasteiger partial charge in [0.1, 0.15) is 0 Å². The number of hydrogen-bond acceptors (Lipinski definition) is 5. The van der Waals surface area contributed by atoms with Crippen molar-refractivity contribution in [3.63, 3.8) is 0 Å². The van der Waals surface area contributed by atoms with Gasteiger partial charge >= 0.3 is 0 Å². The average Bonchev–Trinajstić information content (AvgIpc) is 3.33. The molecule has 0 aromatic carbocycles. The zero-order valence-corrected chi connectivity index (χ0v) is 16.5. The molecule has 0 aliphatic heterocycles. The predicted octanol–water partition coefficient (Wildman–Crippen LogP) is 4.21. The first kappa shape index (κ1) is 19.5. The molecule has 7 heteroatoms. The van der Waals surface area contributed by atoms with Gasteiger partial charge in [-0.1, -0.05) is 29.5 Å². The number of nitrogens with zero attached hydrogens (tertiary/aromatic N) is 3. The summed E-state index contributed by atoms with van der Waals surface area (Å²) in [5, 5.41) is 11.9. The molecular weight excluding hydrogens is 360 g/mol. The Morgan fingerprint density at radius 1 is 1.48 bits per heavy atom. The van der Waals surface area contributed by atoms with E-state index in [9.17, 15) is 4.79 Å². The number of rotatable bonds is 9. The van der Waals surface area contributed by atoms with Crippen LogP contribution in [0.25, 0.3) is 11.6 Å². The molecule has 1 unspecified atom stereocenters. The number of allylic oxidation sites excluding steroid dienone is 2. The maximum atomic E-state index is 12.4. The number of hydrogen-bond donors (Lipinski definition) is 1. The lowest BCUT2D eigenvalue weighted by atomic mass is 9.97. The Hall–Kier alpha value is -2.28. The Kier molecular flexibility index (Phi) is 6.92. The van der Waals surface area contributed by atoms with Crippen LogP contribution >= 0.6 is 11.8 Å². The van der Waals surface area contributed by atoms with E-state index in [4.69, 9.17) is 4.42 Å². The lowest BCUT2D eigenvalue weighted by Gasteiger charge is -2.15. The quantitative estimate of drug-likeness (QED) is 0.516. The van der Waals surface area contributed by atoms with E-state index in [2.05, 4.69) is 28.2 Å². The van der Waals surface area contributed by atoms with E-state index >= 15 is 0 Å². The molecule has 1 amide bonds. The molecule has 0 bridgehead atoms. The van der Waals surface area contributed by atoms with Crippen molar-refractivity contribution in [1.82, 2.24) is 20.1 Å². The van der Waals surface area contributed by atoms with Crippen molar-refractivity contribution < 1.29 is 9.21 Å². The number of thioether (sulfide) groups is 1. The average molecular weight is 387 g/mol. The van der Waals surface area contributed by atoms with Gasteiger partial charge < -0.3 is 9.73 Å². The van der Waals surface area contributed by atoms with Gasteiger partial charge in [-0.25, -0.2) is 0 Å². The van der Waals surface area contributed by atoms with E-state index in [1.165, 1.54) is 43.0 Å². The topological polar surface area (TPSA) is 73.0 Å². The van der Waals surface area contributed by atoms with E-state index in [1.807, 2.05) is 23.6 Å². The summed E-state index contributed by atoms with van der Waals surface area (Å²) in [4.78, 5) is 12.4. The van der Waals surface area contributed by atoms with Gasteiger partial charge in [0.05, 0.1) is 11.5 Å². The van der Waals surface area contributed by atoms with Gasteiger partial charge in [-0.05, 0) is 51.2 Å². The van der Waals surface area contributed by atoms with Crippen LogP contribution in [0, 0.1) is 0 Å². The molecule has 27 heavy (non-hydrogen) atoms. The largest absolute Gasteiger partial charge is 0.461 e. The number of carbonyl (C=O) groups excluding carboxylic acids is 1. The van der Waals surface area contributed by atoms with Crippen molar-refractivity contribution in [2.75, 3.05) is 6.54 Å². The van der Waals surface area contributed by atoms with Crippen LogP contribution in [0.2, 0.25) is 0 Å². The normalized spacial score (nSPS) is 15.2. The zero-order chi connectivity index (χ0) is 19.1. The van der Waals surface area contributed by atoms with Gasteiger partial charge in [-0.15, -0.1) is 16.8 Å². The number of furan rings is 1. The molecule has 6 nitrogen and oxygen atoms in total. The Bertz CT molecular complexity index is 795. The van der Waals surface area contributed by atoms with Gasteiger partial charge in [0, 0.05) is 13.1 Å². The smallest absolute Gasteiger partial charge is 0.233 e. The summed E-state index contributed by atoms with van der Waals surface area (Å²) in [6.07, 6.45) is 11.5. The second-order valence-corrected chi connectivity index (χ2v) is 7.90. The Morgan fingerprint density at radius 3 is 3.07 bits per heavy atom. The minimum atomic E-state index is -0.262. The van der Waals surface area contributed by atoms with Crippen LogP contribution in [0.3, 0.4) is 0 Å². The van der Waals surface area contributed by atoms with Gasteiger partial charge in [0.15, 0.2) is 10.9 Å². The number of carbonyl (C=O) groups is 1. The first-order valence-electron chi connectivity index (χ1n) is 9.39. The molecule has 0 fully saturated rings. The first-order chi connectivity index (χ1) is 13.2. The highest BCUT2D eigenvalue weighted by Crippen LogP contribution is 2.27. The van der Waals surface area contributed by atoms with E-state index in [1.54, 1.807) is 12.3 Å². The van der Waals surface area contributed by atoms with E-state index in [0.29, 0.717) is 29.8 Å². The molecule has 2 aromatic heterocycles. The SMILES string of the molecule is C=CCn1c(SC(C)C(=O)NCCC2=CCCCC2)nnc1-c1ccco1. The third kappa shape index (κ3) is 5.13. The molecule has 144 valence electrons. The Balaban J connectivity index is 1.58. The monoisotopic (exact) mass is 386 g/mol. The number of amides is 1. The third-order valence-corrected chi connectivity index (χ3v) is 5.63. The molecule has 1 aliphatic rings. The zero-order valence-electron chi connectivity index (χ0n) is 15.7. The molecule has 1 N–H and O–H groups in total. The highest BCUT2D eigenvalue weighted by molar-refractivity contribution is 8.00. The fourth-order valence-corrected chi connectivity index (χ4v) is 3.97. The van der Waals surface area contributed by atoms with E-state index in [0.717, 1.165) is 6.42 Å². The molecule has 0 saturated heterocycles. The molecule has 0 saturated carbocycles. The molecule has 3 rings (SSSR count). The lowest BCUT2D eigenvalue weighted by Crippen LogP contribution is -2.32. The summed E-state index contributed by atoms with van der Waals surface area (Å²) in [6, 6.07) is 3.65. The minimum Gasteiger partial charge on any atom is -0.461 e. The standard InChI is InChI=1S/C20H26N4O2S/c1-3-13-24-18(17-10-7-14-26-17)22-23-20(24)27-15(2)19(25)21-12-11-16-8-5-4-6-9-16/h3,7-8,10,14-15H,1,4-6,9,11-13H2,2H3,(H,21,25). The first-order valence-corrected chi connectivity index (χ1v) is 10.3. The van der Waals surface area contributed by atoms with Crippen LogP contribution in [-0.4, -0.2) is 32.5 Å². The number of nitrogens with one attached hydrogen (secondary N) is 1. The van der Waals surface area contributed by atoms with E-state index < -0.39 is 0 Å². The van der Waals surface area contributed by atoms with Crippen LogP contribution in [0.1, 0.15) is 39.0 Å². The van der Waals surface area contributed by atoms with Crippen LogP contribution < -0.4 is 5.32 Å². The van der Waals surface area contributed by atoms with Crippen molar-refractivity contribution in [3.05, 3.63) is 42.7 Å². The second kappa shape index (κ2) is 9.60. The van der Waals surface area contributed by atoms with Crippen LogP contribution in [0.5, 0.6) is 0 Å². The molecule has 0 spiro atoms. The van der Waals surface area contributed by atoms with Crippen LogP contribution in [0.4, 0.5) is 0 Å². The van der Waals surface area contributed by atoms with Crippen molar-refractivity contribution >= 4 is 17.7 Å². The maximum absolute atomic E-state index is 12.4. The summed E-state index contributed by atoms with van der Waals surface area (Å²) in [5.74, 6) is 1.30. The minimum absolute atomic E-state index is 0.0177. The molecular formula is C20H26N4O2S. The fraction of sp³-hybridized carbons (Fsp3) is 0.450. The van der Waals surface area contributed by atoms with Crippen molar-refractivity contribution in [2.24, 2.45) is 0 Å².